The van der Waals surface area contributed by atoms with Crippen molar-refractivity contribution in [2.24, 2.45) is 0 Å². The van der Waals surface area contributed by atoms with Crippen LogP contribution in [0.15, 0.2) is 66.4 Å². The maximum atomic E-state index is 12.7. The van der Waals surface area contributed by atoms with Gasteiger partial charge in [-0.25, -0.2) is 19.4 Å². The van der Waals surface area contributed by atoms with Gasteiger partial charge in [-0.15, -0.1) is 0 Å². The first-order valence-electron chi connectivity index (χ1n) is 10.7. The Balaban J connectivity index is 1.57. The van der Waals surface area contributed by atoms with Crippen LogP contribution >= 0.6 is 23.2 Å². The second-order valence-corrected chi connectivity index (χ2v) is 8.47. The lowest BCUT2D eigenvalue weighted by molar-refractivity contribution is 0.0314. The van der Waals surface area contributed by atoms with E-state index in [2.05, 4.69) is 9.72 Å². The molecule has 4 rings (SSSR count). The number of esters is 3. The van der Waals surface area contributed by atoms with Crippen molar-refractivity contribution in [3.05, 3.63) is 98.9 Å². The lowest BCUT2D eigenvalue weighted by Gasteiger charge is -2.15. The number of ether oxygens (including phenoxy) is 4. The molecule has 0 unspecified atom stereocenters. The van der Waals surface area contributed by atoms with Crippen molar-refractivity contribution < 1.29 is 38.1 Å². The number of methoxy groups -OCH3 is 1. The Morgan fingerprint density at radius 1 is 1.00 bits per heavy atom. The largest absolute Gasteiger partial charge is 0.467 e. The van der Waals surface area contributed by atoms with Crippen molar-refractivity contribution in [1.82, 2.24) is 9.55 Å². The van der Waals surface area contributed by atoms with Crippen LogP contribution in [0.2, 0.25) is 10.0 Å². The van der Waals surface area contributed by atoms with Crippen molar-refractivity contribution in [3.63, 3.8) is 0 Å². The normalized spacial score (nSPS) is 14.6. The minimum absolute atomic E-state index is 0.0367. The Morgan fingerprint density at radius 3 is 2.16 bits per heavy atom. The molecule has 3 aromatic rings. The number of hydrogen-bond acceptors (Lipinski definition) is 9. The molecule has 0 saturated carbocycles. The molecule has 10 nitrogen and oxygen atoms in total. The van der Waals surface area contributed by atoms with Gasteiger partial charge in [-0.3, -0.25) is 9.36 Å². The van der Waals surface area contributed by atoms with Gasteiger partial charge in [-0.05, 0) is 48.5 Å². The van der Waals surface area contributed by atoms with Crippen molar-refractivity contribution >= 4 is 47.4 Å². The molecule has 12 heteroatoms. The first kappa shape index (κ1) is 25.9. The minimum atomic E-state index is -0.927. The third-order valence-corrected chi connectivity index (χ3v) is 5.80. The van der Waals surface area contributed by atoms with Crippen LogP contribution in [0.3, 0.4) is 0 Å². The van der Waals surface area contributed by atoms with E-state index in [0.29, 0.717) is 16.3 Å². The molecular formula is C25H18Cl2N2O8. The summed E-state index contributed by atoms with van der Waals surface area (Å²) in [6, 6.07) is 12.1. The summed E-state index contributed by atoms with van der Waals surface area (Å²) < 4.78 is 22.7. The second kappa shape index (κ2) is 11.3. The van der Waals surface area contributed by atoms with Gasteiger partial charge in [0.25, 0.3) is 0 Å². The van der Waals surface area contributed by atoms with Crippen molar-refractivity contribution in [3.8, 4) is 0 Å². The number of carbonyl (C=O) groups excluding carboxylic acids is 4. The summed E-state index contributed by atoms with van der Waals surface area (Å²) in [5.74, 6) is -2.06. The zero-order valence-electron chi connectivity index (χ0n) is 19.2. The van der Waals surface area contributed by atoms with Gasteiger partial charge in [0.2, 0.25) is 0 Å². The van der Waals surface area contributed by atoms with Crippen molar-refractivity contribution in [1.29, 1.82) is 0 Å². The fraction of sp³-hybridized carbons (Fsp3) is 0.160. The lowest BCUT2D eigenvalue weighted by Crippen LogP contribution is -2.14. The quantitative estimate of drug-likeness (QED) is 0.226. The predicted molar refractivity (Wildman–Crippen MR) is 129 cm³/mol. The van der Waals surface area contributed by atoms with Gasteiger partial charge < -0.3 is 18.9 Å². The molecule has 0 saturated heterocycles. The smallest absolute Gasteiger partial charge is 0.359 e. The Hall–Kier alpha value is -4.15. The Morgan fingerprint density at radius 2 is 1.59 bits per heavy atom. The molecule has 1 atom stereocenters. The van der Waals surface area contributed by atoms with Crippen LogP contribution in [-0.4, -0.2) is 47.5 Å². The highest BCUT2D eigenvalue weighted by atomic mass is 35.5. The highest BCUT2D eigenvalue weighted by Gasteiger charge is 2.34. The summed E-state index contributed by atoms with van der Waals surface area (Å²) in [5, 5.41) is 0.896. The number of carbonyl (C=O) groups is 4. The average Bonchev–Trinajstić information content (AvgIpc) is 3.51. The molecule has 2 heterocycles. The van der Waals surface area contributed by atoms with Crippen LogP contribution in [0.1, 0.15) is 54.3 Å². The lowest BCUT2D eigenvalue weighted by atomic mass is 10.2. The van der Waals surface area contributed by atoms with E-state index >= 15 is 0 Å². The van der Waals surface area contributed by atoms with Gasteiger partial charge in [0.05, 0.1) is 31.0 Å². The molecule has 37 heavy (non-hydrogen) atoms. The van der Waals surface area contributed by atoms with E-state index in [4.69, 9.17) is 37.4 Å². The van der Waals surface area contributed by atoms with Gasteiger partial charge in [0.1, 0.15) is 5.69 Å². The zero-order valence-corrected chi connectivity index (χ0v) is 20.7. The molecule has 1 aliphatic rings. The summed E-state index contributed by atoms with van der Waals surface area (Å²) in [6.45, 7) is -0.379. The summed E-state index contributed by atoms with van der Waals surface area (Å²) in [5.41, 5.74) is 0.171. The van der Waals surface area contributed by atoms with Gasteiger partial charge >= 0.3 is 17.9 Å². The molecule has 0 spiro atoms. The number of aromatic nitrogens is 2. The number of rotatable bonds is 8. The fourth-order valence-electron chi connectivity index (χ4n) is 3.44. The molecule has 2 aromatic carbocycles. The number of aldehydes is 1. The number of nitrogens with zero attached hydrogens (tertiary/aromatic N) is 2. The van der Waals surface area contributed by atoms with E-state index in [1.807, 2.05) is 0 Å². The molecule has 0 amide bonds. The fourth-order valence-corrected chi connectivity index (χ4v) is 3.69. The van der Waals surface area contributed by atoms with Crippen LogP contribution in [0, 0.1) is 0 Å². The van der Waals surface area contributed by atoms with Crippen LogP contribution < -0.4 is 0 Å². The molecular weight excluding hydrogens is 527 g/mol. The molecule has 1 aliphatic heterocycles. The number of hydrogen-bond donors (Lipinski definition) is 0. The maximum Gasteiger partial charge on any atom is 0.359 e. The van der Waals surface area contributed by atoms with Crippen LogP contribution in [0.25, 0.3) is 0 Å². The monoisotopic (exact) mass is 544 g/mol. The summed E-state index contributed by atoms with van der Waals surface area (Å²) >= 11 is 11.7. The van der Waals surface area contributed by atoms with E-state index in [1.54, 1.807) is 0 Å². The average molecular weight is 545 g/mol. The highest BCUT2D eigenvalue weighted by molar-refractivity contribution is 6.31. The number of benzene rings is 2. The third kappa shape index (κ3) is 5.82. The van der Waals surface area contributed by atoms with E-state index in [-0.39, 0.29) is 47.1 Å². The first-order chi connectivity index (χ1) is 17.8. The predicted octanol–water partition coefficient (Wildman–Crippen LogP) is 4.63. The molecule has 1 aromatic heterocycles. The van der Waals surface area contributed by atoms with E-state index in [9.17, 15) is 19.2 Å². The van der Waals surface area contributed by atoms with Gasteiger partial charge in [0.15, 0.2) is 36.3 Å². The van der Waals surface area contributed by atoms with Gasteiger partial charge in [-0.1, -0.05) is 23.2 Å². The van der Waals surface area contributed by atoms with E-state index in [0.717, 1.165) is 7.11 Å². The highest BCUT2D eigenvalue weighted by Crippen LogP contribution is 2.35. The minimum Gasteiger partial charge on any atom is -0.467 e. The summed E-state index contributed by atoms with van der Waals surface area (Å²) in [4.78, 5) is 52.8. The molecule has 0 aliphatic carbocycles. The maximum absolute atomic E-state index is 12.7. The standard InChI is InChI=1S/C25H18Cl2N2O8/c1-34-25(33)22-18(11-30)29(13-28-22)21-10-19(37-24(32)15-4-8-17(27)9-5-15)20(36-21)12-35-23(31)14-2-6-16(26)7-3-14/h2-9,11,13,21H,10,12H2,1H3/t21-/m1/s1. The van der Waals surface area contributed by atoms with Crippen LogP contribution in [0.4, 0.5) is 0 Å². The van der Waals surface area contributed by atoms with Crippen molar-refractivity contribution in [2.45, 2.75) is 12.6 Å². The third-order valence-electron chi connectivity index (χ3n) is 5.29. The van der Waals surface area contributed by atoms with Gasteiger partial charge in [-0.2, -0.15) is 0 Å². The first-order valence-corrected chi connectivity index (χ1v) is 11.5. The molecule has 190 valence electrons. The van der Waals surface area contributed by atoms with Gasteiger partial charge in [0, 0.05) is 10.0 Å². The number of imidazole rings is 1. The van der Waals surface area contributed by atoms with Crippen LogP contribution in [0.5, 0.6) is 0 Å². The second-order valence-electron chi connectivity index (χ2n) is 7.60. The topological polar surface area (TPSA) is 123 Å². The zero-order chi connectivity index (χ0) is 26.5. The number of halogens is 2. The molecule has 0 N–H and O–H groups in total. The molecule has 0 radical (unpaired) electrons. The van der Waals surface area contributed by atoms with E-state index in [1.165, 1.54) is 59.4 Å². The summed E-state index contributed by atoms with van der Waals surface area (Å²) in [7, 11) is 1.16. The summed E-state index contributed by atoms with van der Waals surface area (Å²) in [6.07, 6.45) is 0.691. The Labute approximate surface area is 220 Å². The Kier molecular flexibility index (Phi) is 7.90. The van der Waals surface area contributed by atoms with Crippen molar-refractivity contribution in [2.75, 3.05) is 13.7 Å². The molecule has 0 fully saturated rings. The SMILES string of the molecule is COC(=O)c1ncn([C@H]2CC(OC(=O)c3ccc(Cl)cc3)=C(COC(=O)c3ccc(Cl)cc3)O2)c1C=O. The molecule has 0 bridgehead atoms. The van der Waals surface area contributed by atoms with Crippen LogP contribution in [-0.2, 0) is 18.9 Å². The van der Waals surface area contributed by atoms with E-state index < -0.39 is 24.1 Å². The Bertz CT molecular complexity index is 1380.